The number of hydrogen-bond acceptors (Lipinski definition) is 2. The molecule has 0 saturated carbocycles. The van der Waals surface area contributed by atoms with Crippen molar-refractivity contribution in [2.24, 2.45) is 0 Å². The molecule has 8 aromatic carbocycles. The van der Waals surface area contributed by atoms with Crippen LogP contribution in [0.2, 0.25) is 0 Å². The number of nitrogens with zero attached hydrogens (tertiary/aromatic N) is 1. The molecule has 1 heterocycles. The lowest BCUT2D eigenvalue weighted by Gasteiger charge is -2.27. The molecule has 2 nitrogen and oxygen atoms in total. The van der Waals surface area contributed by atoms with E-state index < -0.39 is 0 Å². The van der Waals surface area contributed by atoms with Gasteiger partial charge in [0, 0.05) is 22.1 Å². The molecule has 0 aliphatic heterocycles. The molecule has 206 valence electrons. The molecule has 44 heavy (non-hydrogen) atoms. The van der Waals surface area contributed by atoms with Crippen molar-refractivity contribution in [1.82, 2.24) is 0 Å². The van der Waals surface area contributed by atoms with E-state index in [1.54, 1.807) is 0 Å². The largest absolute Gasteiger partial charge is 0.455 e. The van der Waals surface area contributed by atoms with Gasteiger partial charge in [-0.1, -0.05) is 127 Å². The van der Waals surface area contributed by atoms with E-state index in [0.29, 0.717) is 0 Å². The Kier molecular flexibility index (Phi) is 5.54. The van der Waals surface area contributed by atoms with E-state index in [4.69, 9.17) is 4.42 Å². The number of para-hydroxylation sites is 1. The van der Waals surface area contributed by atoms with E-state index in [9.17, 15) is 0 Å². The van der Waals surface area contributed by atoms with Gasteiger partial charge in [-0.3, -0.25) is 0 Å². The van der Waals surface area contributed by atoms with Crippen LogP contribution in [0.1, 0.15) is 0 Å². The van der Waals surface area contributed by atoms with Crippen LogP contribution in [0.15, 0.2) is 168 Å². The third-order valence-electron chi connectivity index (χ3n) is 8.79. The van der Waals surface area contributed by atoms with Crippen LogP contribution in [0.25, 0.3) is 65.4 Å². The van der Waals surface area contributed by atoms with Crippen LogP contribution in [0.5, 0.6) is 0 Å². The topological polar surface area (TPSA) is 16.4 Å². The predicted molar refractivity (Wildman–Crippen MR) is 186 cm³/mol. The Bertz CT molecular complexity index is 2510. The molecule has 0 saturated heterocycles. The Morgan fingerprint density at radius 2 is 1.02 bits per heavy atom. The van der Waals surface area contributed by atoms with E-state index in [0.717, 1.165) is 49.8 Å². The molecule has 2 heteroatoms. The Morgan fingerprint density at radius 1 is 0.386 bits per heavy atom. The van der Waals surface area contributed by atoms with Crippen molar-refractivity contribution in [3.05, 3.63) is 164 Å². The van der Waals surface area contributed by atoms with Crippen LogP contribution >= 0.6 is 0 Å². The van der Waals surface area contributed by atoms with Crippen molar-refractivity contribution in [2.75, 3.05) is 4.90 Å². The summed E-state index contributed by atoms with van der Waals surface area (Å²) >= 11 is 0. The third kappa shape index (κ3) is 3.89. The number of rotatable bonds is 4. The van der Waals surface area contributed by atoms with E-state index in [1.807, 2.05) is 6.07 Å². The molecule has 0 N–H and O–H groups in total. The average molecular weight is 562 g/mol. The Hall–Kier alpha value is -5.86. The summed E-state index contributed by atoms with van der Waals surface area (Å²) in [7, 11) is 0. The zero-order valence-corrected chi connectivity index (χ0v) is 23.9. The number of benzene rings is 8. The molecule has 0 aliphatic carbocycles. The monoisotopic (exact) mass is 561 g/mol. The van der Waals surface area contributed by atoms with Gasteiger partial charge in [0.05, 0.1) is 11.1 Å². The first-order chi connectivity index (χ1) is 21.8. The lowest BCUT2D eigenvalue weighted by atomic mass is 9.99. The molecule has 9 aromatic rings. The van der Waals surface area contributed by atoms with Gasteiger partial charge in [-0.15, -0.1) is 0 Å². The van der Waals surface area contributed by atoms with Crippen LogP contribution in [0, 0.1) is 0 Å². The summed E-state index contributed by atoms with van der Waals surface area (Å²) in [5, 5.41) is 9.43. The van der Waals surface area contributed by atoms with Crippen molar-refractivity contribution in [2.45, 2.75) is 0 Å². The molecule has 0 fully saturated rings. The molecular formula is C42H27NO. The fourth-order valence-corrected chi connectivity index (χ4v) is 6.73. The Labute approximate surface area is 255 Å². The van der Waals surface area contributed by atoms with Crippen LogP contribution in [-0.4, -0.2) is 0 Å². The van der Waals surface area contributed by atoms with Gasteiger partial charge >= 0.3 is 0 Å². The molecule has 0 bridgehead atoms. The first kappa shape index (κ1) is 24.7. The average Bonchev–Trinajstić information content (AvgIpc) is 3.49. The third-order valence-corrected chi connectivity index (χ3v) is 8.79. The number of hydrogen-bond donors (Lipinski definition) is 0. The van der Waals surface area contributed by atoms with Gasteiger partial charge in [0.1, 0.15) is 11.2 Å². The van der Waals surface area contributed by atoms with Gasteiger partial charge < -0.3 is 9.32 Å². The summed E-state index contributed by atoms with van der Waals surface area (Å²) in [5.41, 5.74) is 7.45. The first-order valence-corrected chi connectivity index (χ1v) is 15.0. The van der Waals surface area contributed by atoms with Crippen molar-refractivity contribution in [1.29, 1.82) is 0 Å². The minimum atomic E-state index is 0.891. The van der Waals surface area contributed by atoms with Gasteiger partial charge in [-0.25, -0.2) is 0 Å². The second kappa shape index (κ2) is 9.86. The Morgan fingerprint density at radius 3 is 1.89 bits per heavy atom. The second-order valence-electron chi connectivity index (χ2n) is 11.4. The van der Waals surface area contributed by atoms with E-state index in [1.165, 1.54) is 32.7 Å². The van der Waals surface area contributed by atoms with E-state index >= 15 is 0 Å². The maximum absolute atomic E-state index is 6.62. The molecule has 0 spiro atoms. The zero-order chi connectivity index (χ0) is 29.0. The normalized spacial score (nSPS) is 11.6. The van der Waals surface area contributed by atoms with Crippen molar-refractivity contribution < 1.29 is 4.42 Å². The summed E-state index contributed by atoms with van der Waals surface area (Å²) in [5.74, 6) is 0. The summed E-state index contributed by atoms with van der Waals surface area (Å²) in [6, 6.07) is 58.6. The van der Waals surface area contributed by atoms with Crippen molar-refractivity contribution in [3.8, 4) is 11.1 Å². The van der Waals surface area contributed by atoms with Crippen molar-refractivity contribution in [3.63, 3.8) is 0 Å². The van der Waals surface area contributed by atoms with Gasteiger partial charge in [-0.2, -0.15) is 0 Å². The summed E-state index contributed by atoms with van der Waals surface area (Å²) in [6.45, 7) is 0. The SMILES string of the molecule is c1ccc(-c2cccc(N(c3ccc4ccc5ccccc5c4c3)c3cc4ccccc4c4oc5ccccc5c34)c2)cc1. The summed E-state index contributed by atoms with van der Waals surface area (Å²) < 4.78 is 6.62. The summed E-state index contributed by atoms with van der Waals surface area (Å²) in [6.07, 6.45) is 0. The maximum atomic E-state index is 6.62. The highest BCUT2D eigenvalue weighted by molar-refractivity contribution is 6.22. The zero-order valence-electron chi connectivity index (χ0n) is 23.9. The molecule has 0 amide bonds. The molecular weight excluding hydrogens is 534 g/mol. The highest BCUT2D eigenvalue weighted by Crippen LogP contribution is 2.47. The minimum Gasteiger partial charge on any atom is -0.455 e. The molecule has 1 aromatic heterocycles. The molecule has 0 radical (unpaired) electrons. The van der Waals surface area contributed by atoms with Crippen molar-refractivity contribution >= 4 is 71.3 Å². The fourth-order valence-electron chi connectivity index (χ4n) is 6.73. The molecule has 0 aliphatic rings. The van der Waals surface area contributed by atoms with Crippen LogP contribution < -0.4 is 4.90 Å². The number of fused-ring (bicyclic) bond motifs is 8. The summed E-state index contributed by atoms with van der Waals surface area (Å²) in [4.78, 5) is 2.41. The molecule has 0 unspecified atom stereocenters. The molecule has 0 atom stereocenters. The smallest absolute Gasteiger partial charge is 0.145 e. The quantitative estimate of drug-likeness (QED) is 0.199. The van der Waals surface area contributed by atoms with Gasteiger partial charge in [0.15, 0.2) is 0 Å². The standard InChI is InChI=1S/C42H27NO/c1-2-11-28(12-3-1)31-15-10-16-33(25-31)43(34-24-23-30-22-21-29-13-4-6-17-35(29)38(30)27-34)39-26-32-14-5-7-18-36(32)42-41(39)37-19-8-9-20-40(37)44-42/h1-27H. The van der Waals surface area contributed by atoms with E-state index in [-0.39, 0.29) is 0 Å². The Balaban J connectivity index is 1.39. The predicted octanol–water partition coefficient (Wildman–Crippen LogP) is 12.2. The van der Waals surface area contributed by atoms with Gasteiger partial charge in [0.25, 0.3) is 0 Å². The lowest BCUT2D eigenvalue weighted by molar-refractivity contribution is 0.672. The van der Waals surface area contributed by atoms with Crippen LogP contribution in [0.4, 0.5) is 17.1 Å². The van der Waals surface area contributed by atoms with Gasteiger partial charge in [-0.05, 0) is 74.5 Å². The lowest BCUT2D eigenvalue weighted by Crippen LogP contribution is -2.10. The number of furan rings is 1. The van der Waals surface area contributed by atoms with Crippen LogP contribution in [-0.2, 0) is 0 Å². The maximum Gasteiger partial charge on any atom is 0.145 e. The van der Waals surface area contributed by atoms with Gasteiger partial charge in [0.2, 0.25) is 0 Å². The van der Waals surface area contributed by atoms with E-state index in [2.05, 4.69) is 163 Å². The highest BCUT2D eigenvalue weighted by Gasteiger charge is 2.22. The minimum absolute atomic E-state index is 0.891. The fraction of sp³-hybridized carbons (Fsp3) is 0. The number of anilines is 3. The first-order valence-electron chi connectivity index (χ1n) is 15.0. The molecule has 9 rings (SSSR count). The van der Waals surface area contributed by atoms with Crippen LogP contribution in [0.3, 0.4) is 0 Å². The second-order valence-corrected chi connectivity index (χ2v) is 11.4. The highest BCUT2D eigenvalue weighted by atomic mass is 16.3.